The van der Waals surface area contributed by atoms with E-state index < -0.39 is 10.8 Å². The molecule has 0 saturated carbocycles. The number of hydrogen-bond acceptors (Lipinski definition) is 5. The minimum Gasteiger partial charge on any atom is -0.507 e. The summed E-state index contributed by atoms with van der Waals surface area (Å²) in [5, 5.41) is 23.9. The van der Waals surface area contributed by atoms with Gasteiger partial charge < -0.3 is 5.11 Å². The van der Waals surface area contributed by atoms with Gasteiger partial charge in [0.15, 0.2) is 0 Å². The lowest BCUT2D eigenvalue weighted by atomic mass is 10.2. The third-order valence-electron chi connectivity index (χ3n) is 2.69. The van der Waals surface area contributed by atoms with Crippen molar-refractivity contribution in [3.05, 3.63) is 68.2 Å². The molecule has 2 aromatic rings. The molecule has 0 heterocycles. The fourth-order valence-corrected chi connectivity index (χ4v) is 1.95. The Labute approximate surface area is 133 Å². The topological polar surface area (TPSA) is 105 Å². The lowest BCUT2D eigenvalue weighted by molar-refractivity contribution is -0.384. The molecule has 0 radical (unpaired) electrons. The Kier molecular flexibility index (Phi) is 4.84. The number of carbonyl (C=O) groups is 1. The third-order valence-corrected chi connectivity index (χ3v) is 3.18. The number of nitro groups is 1. The van der Waals surface area contributed by atoms with Gasteiger partial charge in [-0.15, -0.1) is 0 Å². The summed E-state index contributed by atoms with van der Waals surface area (Å²) in [7, 11) is 0. The number of hydrogen-bond donors (Lipinski definition) is 2. The molecule has 0 saturated heterocycles. The molecular formula is C14H10BrN3O4. The molecule has 7 nitrogen and oxygen atoms in total. The number of phenolic OH excluding ortho intramolecular Hbond substituents is 1. The van der Waals surface area contributed by atoms with E-state index in [2.05, 4.69) is 26.5 Å². The number of nitrogens with zero attached hydrogens (tertiary/aromatic N) is 2. The van der Waals surface area contributed by atoms with Gasteiger partial charge in [0, 0.05) is 16.6 Å². The Bertz CT molecular complexity index is 744. The van der Waals surface area contributed by atoms with Crippen LogP contribution in [0, 0.1) is 10.1 Å². The summed E-state index contributed by atoms with van der Waals surface area (Å²) in [6.45, 7) is 0. The quantitative estimate of drug-likeness (QED) is 0.494. The highest BCUT2D eigenvalue weighted by Gasteiger charge is 2.10. The Morgan fingerprint density at radius 1 is 1.27 bits per heavy atom. The van der Waals surface area contributed by atoms with Crippen LogP contribution in [-0.4, -0.2) is 22.2 Å². The summed E-state index contributed by atoms with van der Waals surface area (Å²) in [6.07, 6.45) is 1.34. The van der Waals surface area contributed by atoms with E-state index in [1.54, 1.807) is 6.07 Å². The lowest BCUT2D eigenvalue weighted by Gasteiger charge is -2.03. The molecule has 2 rings (SSSR count). The molecule has 2 N–H and O–H groups in total. The monoisotopic (exact) mass is 363 g/mol. The van der Waals surface area contributed by atoms with Crippen LogP contribution in [0.25, 0.3) is 0 Å². The molecule has 0 aromatic heterocycles. The Balaban J connectivity index is 2.02. The standard InChI is InChI=1S/C14H10BrN3O4/c15-10-3-6-12(13(19)7-10)14(20)17-16-8-9-1-4-11(5-2-9)18(21)22/h1-8,19H,(H,17,20)/b16-8-. The van der Waals surface area contributed by atoms with Gasteiger partial charge >= 0.3 is 0 Å². The van der Waals surface area contributed by atoms with Gasteiger partial charge in [0.1, 0.15) is 5.75 Å². The number of hydrazone groups is 1. The molecule has 0 aliphatic rings. The number of non-ortho nitro benzene ring substituents is 1. The van der Waals surface area contributed by atoms with E-state index in [9.17, 15) is 20.0 Å². The number of nitrogens with one attached hydrogen (secondary N) is 1. The maximum Gasteiger partial charge on any atom is 0.275 e. The van der Waals surface area contributed by atoms with Gasteiger partial charge in [-0.05, 0) is 35.9 Å². The van der Waals surface area contributed by atoms with Gasteiger partial charge in [-0.3, -0.25) is 14.9 Å². The van der Waals surface area contributed by atoms with Gasteiger partial charge in [0.25, 0.3) is 11.6 Å². The first-order valence-corrected chi connectivity index (χ1v) is 6.83. The molecule has 0 bridgehead atoms. The first-order chi connectivity index (χ1) is 10.5. The minimum absolute atomic E-state index is 0.0269. The van der Waals surface area contributed by atoms with Crippen LogP contribution in [0.4, 0.5) is 5.69 Å². The molecule has 1 amide bonds. The van der Waals surface area contributed by atoms with Gasteiger partial charge in [0.05, 0.1) is 16.7 Å². The fourth-order valence-electron chi connectivity index (χ4n) is 1.60. The average Bonchev–Trinajstić information content (AvgIpc) is 2.47. The number of aromatic hydroxyl groups is 1. The smallest absolute Gasteiger partial charge is 0.275 e. The summed E-state index contributed by atoms with van der Waals surface area (Å²) >= 11 is 3.18. The van der Waals surface area contributed by atoms with Crippen LogP contribution in [-0.2, 0) is 0 Å². The highest BCUT2D eigenvalue weighted by molar-refractivity contribution is 9.10. The zero-order chi connectivity index (χ0) is 16.1. The summed E-state index contributed by atoms with van der Waals surface area (Å²) in [5.74, 6) is -0.736. The summed E-state index contributed by atoms with van der Waals surface area (Å²) in [6, 6.07) is 10.2. The van der Waals surface area contributed by atoms with E-state index in [1.165, 1.54) is 42.6 Å². The van der Waals surface area contributed by atoms with Crippen molar-refractivity contribution in [2.24, 2.45) is 5.10 Å². The Morgan fingerprint density at radius 2 is 1.95 bits per heavy atom. The van der Waals surface area contributed by atoms with E-state index >= 15 is 0 Å². The second kappa shape index (κ2) is 6.81. The second-order valence-corrected chi connectivity index (χ2v) is 5.12. The summed E-state index contributed by atoms with van der Waals surface area (Å²) in [5.41, 5.74) is 2.92. The third kappa shape index (κ3) is 3.89. The van der Waals surface area contributed by atoms with Gasteiger partial charge in [-0.1, -0.05) is 15.9 Å². The van der Waals surface area contributed by atoms with E-state index in [0.717, 1.165) is 0 Å². The summed E-state index contributed by atoms with van der Waals surface area (Å²) < 4.78 is 0.649. The molecule has 2 aromatic carbocycles. The maximum absolute atomic E-state index is 11.8. The summed E-state index contributed by atoms with van der Waals surface area (Å²) in [4.78, 5) is 21.8. The van der Waals surface area contributed by atoms with Crippen LogP contribution < -0.4 is 5.43 Å². The highest BCUT2D eigenvalue weighted by Crippen LogP contribution is 2.22. The van der Waals surface area contributed by atoms with Crippen molar-refractivity contribution in [3.63, 3.8) is 0 Å². The molecule has 22 heavy (non-hydrogen) atoms. The van der Waals surface area contributed by atoms with E-state index in [4.69, 9.17) is 0 Å². The zero-order valence-corrected chi connectivity index (χ0v) is 12.6. The maximum atomic E-state index is 11.8. The number of benzene rings is 2. The lowest BCUT2D eigenvalue weighted by Crippen LogP contribution is -2.17. The number of carbonyl (C=O) groups excluding carboxylic acids is 1. The van der Waals surface area contributed by atoms with Crippen molar-refractivity contribution in [1.29, 1.82) is 0 Å². The first-order valence-electron chi connectivity index (χ1n) is 6.04. The molecule has 112 valence electrons. The Morgan fingerprint density at radius 3 is 2.55 bits per heavy atom. The normalized spacial score (nSPS) is 10.6. The number of rotatable bonds is 4. The second-order valence-electron chi connectivity index (χ2n) is 4.21. The van der Waals surface area contributed by atoms with Gasteiger partial charge in [-0.25, -0.2) is 5.43 Å². The molecule has 0 fully saturated rings. The van der Waals surface area contributed by atoms with Crippen molar-refractivity contribution < 1.29 is 14.8 Å². The minimum atomic E-state index is -0.567. The van der Waals surface area contributed by atoms with Crippen molar-refractivity contribution in [2.45, 2.75) is 0 Å². The van der Waals surface area contributed by atoms with Crippen LogP contribution in [0.2, 0.25) is 0 Å². The van der Waals surface area contributed by atoms with Crippen molar-refractivity contribution in [1.82, 2.24) is 5.43 Å². The molecule has 0 aliphatic heterocycles. The van der Waals surface area contributed by atoms with Crippen LogP contribution in [0.5, 0.6) is 5.75 Å². The average molecular weight is 364 g/mol. The molecule has 0 unspecified atom stereocenters. The van der Waals surface area contributed by atoms with E-state index in [-0.39, 0.29) is 17.0 Å². The van der Waals surface area contributed by atoms with Crippen LogP contribution in [0.1, 0.15) is 15.9 Å². The number of amides is 1. The van der Waals surface area contributed by atoms with Crippen molar-refractivity contribution in [3.8, 4) is 5.75 Å². The fraction of sp³-hybridized carbons (Fsp3) is 0. The largest absolute Gasteiger partial charge is 0.507 e. The Hall–Kier alpha value is -2.74. The SMILES string of the molecule is O=C(N/N=C\c1ccc([N+](=O)[O-])cc1)c1ccc(Br)cc1O. The molecule has 0 aliphatic carbocycles. The number of halogens is 1. The van der Waals surface area contributed by atoms with Crippen LogP contribution in [0.15, 0.2) is 52.0 Å². The van der Waals surface area contributed by atoms with Crippen molar-refractivity contribution >= 4 is 33.7 Å². The van der Waals surface area contributed by atoms with E-state index in [0.29, 0.717) is 10.0 Å². The van der Waals surface area contributed by atoms with Crippen LogP contribution in [0.3, 0.4) is 0 Å². The predicted molar refractivity (Wildman–Crippen MR) is 84.0 cm³/mol. The molecule has 8 heteroatoms. The van der Waals surface area contributed by atoms with Crippen LogP contribution >= 0.6 is 15.9 Å². The molecule has 0 atom stereocenters. The predicted octanol–water partition coefficient (Wildman–Crippen LogP) is 2.83. The first kappa shape index (κ1) is 15.6. The van der Waals surface area contributed by atoms with Gasteiger partial charge in [-0.2, -0.15) is 5.10 Å². The molecule has 0 spiro atoms. The highest BCUT2D eigenvalue weighted by atomic mass is 79.9. The van der Waals surface area contributed by atoms with E-state index in [1.807, 2.05) is 0 Å². The molecular weight excluding hydrogens is 354 g/mol. The number of phenols is 1. The van der Waals surface area contributed by atoms with Gasteiger partial charge in [0.2, 0.25) is 0 Å². The zero-order valence-electron chi connectivity index (χ0n) is 11.1. The number of nitro benzene ring substituents is 1. The van der Waals surface area contributed by atoms with Crippen molar-refractivity contribution in [2.75, 3.05) is 0 Å².